The predicted molar refractivity (Wildman–Crippen MR) is 69.9 cm³/mol. The van der Waals surface area contributed by atoms with E-state index in [1.165, 1.54) is 38.9 Å². The fourth-order valence-corrected chi connectivity index (χ4v) is 2.36. The van der Waals surface area contributed by atoms with Crippen molar-refractivity contribution in [3.63, 3.8) is 0 Å². The number of nitrogens with one attached hydrogen (secondary N) is 1. The van der Waals surface area contributed by atoms with Crippen molar-refractivity contribution in [3.05, 3.63) is 18.2 Å². The van der Waals surface area contributed by atoms with E-state index in [9.17, 15) is 0 Å². The lowest BCUT2D eigenvalue weighted by Crippen LogP contribution is -2.21. The Morgan fingerprint density at radius 2 is 2.12 bits per heavy atom. The van der Waals surface area contributed by atoms with Crippen LogP contribution >= 0.6 is 0 Å². The minimum absolute atomic E-state index is 0.885. The molecule has 1 aromatic rings. The Balaban J connectivity index is 1.65. The highest BCUT2D eigenvalue weighted by molar-refractivity contribution is 4.95. The number of likely N-dealkylation sites (tertiary alicyclic amines) is 1. The van der Waals surface area contributed by atoms with Crippen LogP contribution in [-0.4, -0.2) is 40.6 Å². The van der Waals surface area contributed by atoms with E-state index in [1.54, 1.807) is 0 Å². The first-order valence-corrected chi connectivity index (χ1v) is 6.82. The lowest BCUT2D eigenvalue weighted by molar-refractivity contribution is 0.325. The molecule has 0 saturated carbocycles. The summed E-state index contributed by atoms with van der Waals surface area (Å²) in [5.41, 5.74) is 1.15. The molecule has 17 heavy (non-hydrogen) atoms. The van der Waals surface area contributed by atoms with Gasteiger partial charge in [0.15, 0.2) is 0 Å². The van der Waals surface area contributed by atoms with Crippen LogP contribution in [0.1, 0.15) is 31.9 Å². The Morgan fingerprint density at radius 1 is 1.29 bits per heavy atom. The minimum Gasteiger partial charge on any atom is -0.337 e. The van der Waals surface area contributed by atoms with Gasteiger partial charge in [-0.2, -0.15) is 0 Å². The zero-order valence-electron chi connectivity index (χ0n) is 10.9. The zero-order valence-corrected chi connectivity index (χ0v) is 10.9. The van der Waals surface area contributed by atoms with E-state index in [0.29, 0.717) is 0 Å². The van der Waals surface area contributed by atoms with Gasteiger partial charge in [0.2, 0.25) is 0 Å². The number of aromatic nitrogens is 2. The summed E-state index contributed by atoms with van der Waals surface area (Å²) in [6.07, 6.45) is 8.12. The summed E-state index contributed by atoms with van der Waals surface area (Å²) in [4.78, 5) is 6.96. The summed E-state index contributed by atoms with van der Waals surface area (Å²) < 4.78 is 2.21. The Labute approximate surface area is 104 Å². The molecular formula is C13H24N4. The van der Waals surface area contributed by atoms with Gasteiger partial charge in [0, 0.05) is 19.3 Å². The first-order chi connectivity index (χ1) is 8.38. The maximum Gasteiger partial charge on any atom is 0.0949 e. The van der Waals surface area contributed by atoms with Gasteiger partial charge in [-0.25, -0.2) is 4.98 Å². The number of nitrogens with zero attached hydrogens (tertiary/aromatic N) is 3. The van der Waals surface area contributed by atoms with E-state index >= 15 is 0 Å². The van der Waals surface area contributed by atoms with Gasteiger partial charge in [-0.05, 0) is 45.4 Å². The SMILES string of the molecule is CCNCc1cn(CCCN2CCCC2)cn1. The lowest BCUT2D eigenvalue weighted by atomic mass is 10.4. The summed E-state index contributed by atoms with van der Waals surface area (Å²) in [5, 5.41) is 3.29. The molecule has 0 aliphatic carbocycles. The third-order valence-corrected chi connectivity index (χ3v) is 3.33. The van der Waals surface area contributed by atoms with Crippen LogP contribution < -0.4 is 5.32 Å². The monoisotopic (exact) mass is 236 g/mol. The topological polar surface area (TPSA) is 33.1 Å². The Morgan fingerprint density at radius 3 is 2.88 bits per heavy atom. The molecule has 0 unspecified atom stereocenters. The first kappa shape index (κ1) is 12.6. The molecule has 2 heterocycles. The highest BCUT2D eigenvalue weighted by Crippen LogP contribution is 2.08. The van der Waals surface area contributed by atoms with E-state index in [4.69, 9.17) is 0 Å². The number of imidazole rings is 1. The van der Waals surface area contributed by atoms with E-state index in [1.807, 2.05) is 6.33 Å². The van der Waals surface area contributed by atoms with Crippen LogP contribution in [0.4, 0.5) is 0 Å². The highest BCUT2D eigenvalue weighted by Gasteiger charge is 2.10. The molecule has 1 aromatic heterocycles. The van der Waals surface area contributed by atoms with Crippen LogP contribution in [0.2, 0.25) is 0 Å². The lowest BCUT2D eigenvalue weighted by Gasteiger charge is -2.13. The average Bonchev–Trinajstić information content (AvgIpc) is 2.98. The van der Waals surface area contributed by atoms with Crippen LogP contribution in [0.15, 0.2) is 12.5 Å². The molecule has 0 radical (unpaired) electrons. The molecule has 0 aromatic carbocycles. The summed E-state index contributed by atoms with van der Waals surface area (Å²) in [5.74, 6) is 0. The summed E-state index contributed by atoms with van der Waals surface area (Å²) >= 11 is 0. The van der Waals surface area contributed by atoms with E-state index < -0.39 is 0 Å². The van der Waals surface area contributed by atoms with E-state index in [0.717, 1.165) is 25.3 Å². The smallest absolute Gasteiger partial charge is 0.0949 e. The van der Waals surface area contributed by atoms with Crippen LogP contribution in [0, 0.1) is 0 Å². The normalized spacial score (nSPS) is 16.8. The quantitative estimate of drug-likeness (QED) is 0.778. The maximum absolute atomic E-state index is 4.39. The Bertz CT molecular complexity index is 315. The minimum atomic E-state index is 0.885. The van der Waals surface area contributed by atoms with Crippen molar-refractivity contribution >= 4 is 0 Å². The number of hydrogen-bond acceptors (Lipinski definition) is 3. The molecule has 4 heteroatoms. The van der Waals surface area contributed by atoms with Crippen molar-refractivity contribution < 1.29 is 0 Å². The first-order valence-electron chi connectivity index (χ1n) is 6.82. The van der Waals surface area contributed by atoms with Crippen molar-refractivity contribution in [1.29, 1.82) is 0 Å². The molecule has 1 saturated heterocycles. The van der Waals surface area contributed by atoms with Gasteiger partial charge in [0.25, 0.3) is 0 Å². The molecule has 4 nitrogen and oxygen atoms in total. The average molecular weight is 236 g/mol. The molecule has 1 N–H and O–H groups in total. The van der Waals surface area contributed by atoms with Gasteiger partial charge in [-0.3, -0.25) is 0 Å². The van der Waals surface area contributed by atoms with Crippen molar-refractivity contribution in [2.75, 3.05) is 26.2 Å². The second kappa shape index (κ2) is 6.77. The number of hydrogen-bond donors (Lipinski definition) is 1. The Hall–Kier alpha value is -0.870. The predicted octanol–water partition coefficient (Wildman–Crippen LogP) is 1.48. The Kier molecular flexibility index (Phi) is 5.01. The van der Waals surface area contributed by atoms with E-state index in [-0.39, 0.29) is 0 Å². The number of aryl methyl sites for hydroxylation is 1. The molecule has 2 rings (SSSR count). The van der Waals surface area contributed by atoms with Crippen molar-refractivity contribution in [1.82, 2.24) is 19.8 Å². The van der Waals surface area contributed by atoms with E-state index in [2.05, 4.69) is 32.9 Å². The summed E-state index contributed by atoms with van der Waals surface area (Å²) in [7, 11) is 0. The van der Waals surface area contributed by atoms with Gasteiger partial charge in [-0.1, -0.05) is 6.92 Å². The molecule has 1 aliphatic rings. The molecule has 0 atom stereocenters. The summed E-state index contributed by atoms with van der Waals surface area (Å²) in [6, 6.07) is 0. The second-order valence-corrected chi connectivity index (χ2v) is 4.79. The fourth-order valence-electron chi connectivity index (χ4n) is 2.36. The van der Waals surface area contributed by atoms with Gasteiger partial charge in [0.05, 0.1) is 12.0 Å². The van der Waals surface area contributed by atoms with Crippen LogP contribution in [0.25, 0.3) is 0 Å². The zero-order chi connectivity index (χ0) is 11.9. The van der Waals surface area contributed by atoms with Crippen LogP contribution in [0.3, 0.4) is 0 Å². The van der Waals surface area contributed by atoms with Crippen molar-refractivity contribution in [3.8, 4) is 0 Å². The molecule has 0 spiro atoms. The standard InChI is InChI=1S/C13H24N4/c1-2-14-10-13-11-17(12-15-13)9-5-8-16-6-3-4-7-16/h11-12,14H,2-10H2,1H3. The molecule has 1 fully saturated rings. The third-order valence-electron chi connectivity index (χ3n) is 3.33. The largest absolute Gasteiger partial charge is 0.337 e. The molecule has 96 valence electrons. The molecular weight excluding hydrogens is 212 g/mol. The molecule has 1 aliphatic heterocycles. The van der Waals surface area contributed by atoms with Crippen LogP contribution in [0.5, 0.6) is 0 Å². The fraction of sp³-hybridized carbons (Fsp3) is 0.769. The van der Waals surface area contributed by atoms with Gasteiger partial charge in [0.1, 0.15) is 0 Å². The van der Waals surface area contributed by atoms with Gasteiger partial charge >= 0.3 is 0 Å². The molecule has 0 amide bonds. The van der Waals surface area contributed by atoms with Crippen LogP contribution in [-0.2, 0) is 13.1 Å². The molecule has 0 bridgehead atoms. The maximum atomic E-state index is 4.39. The number of rotatable bonds is 7. The summed E-state index contributed by atoms with van der Waals surface area (Å²) in [6.45, 7) is 8.94. The third kappa shape index (κ3) is 4.13. The van der Waals surface area contributed by atoms with Crippen molar-refractivity contribution in [2.45, 2.75) is 39.3 Å². The van der Waals surface area contributed by atoms with Gasteiger partial charge < -0.3 is 14.8 Å². The van der Waals surface area contributed by atoms with Gasteiger partial charge in [-0.15, -0.1) is 0 Å². The highest BCUT2D eigenvalue weighted by atomic mass is 15.1. The second-order valence-electron chi connectivity index (χ2n) is 4.79. The van der Waals surface area contributed by atoms with Crippen molar-refractivity contribution in [2.24, 2.45) is 0 Å².